The highest BCUT2D eigenvalue weighted by molar-refractivity contribution is 6.52. The molecule has 1 N–H and O–H groups in total. The Morgan fingerprint density at radius 1 is 1.21 bits per heavy atom. The van der Waals surface area contributed by atoms with Gasteiger partial charge in [-0.25, -0.2) is 4.79 Å². The van der Waals surface area contributed by atoms with Crippen LogP contribution in [0.2, 0.25) is 0 Å². The van der Waals surface area contributed by atoms with Gasteiger partial charge in [-0.15, -0.1) is 0 Å². The number of aliphatic carboxylic acids is 1. The van der Waals surface area contributed by atoms with Gasteiger partial charge in [0.1, 0.15) is 0 Å². The molecule has 0 unspecified atom stereocenters. The molecule has 0 aromatic heterocycles. The van der Waals surface area contributed by atoms with Crippen molar-refractivity contribution in [3.8, 4) is 0 Å². The molecule has 0 bridgehead atoms. The molecule has 0 atom stereocenters. The molecule has 0 aliphatic carbocycles. The highest BCUT2D eigenvalue weighted by Crippen LogP contribution is 2.36. The molecule has 14 heavy (non-hydrogen) atoms. The molecule has 78 valence electrons. The minimum Gasteiger partial charge on any atom is -0.478 e. The van der Waals surface area contributed by atoms with E-state index in [4.69, 9.17) is 14.4 Å². The van der Waals surface area contributed by atoms with Crippen molar-refractivity contribution in [2.24, 2.45) is 0 Å². The predicted molar refractivity (Wildman–Crippen MR) is 52.9 cm³/mol. The van der Waals surface area contributed by atoms with Crippen LogP contribution in [-0.2, 0) is 14.1 Å². The van der Waals surface area contributed by atoms with Crippen molar-refractivity contribution in [2.45, 2.75) is 38.9 Å². The lowest BCUT2D eigenvalue weighted by Crippen LogP contribution is -2.41. The van der Waals surface area contributed by atoms with Gasteiger partial charge in [-0.3, -0.25) is 0 Å². The lowest BCUT2D eigenvalue weighted by atomic mass is 9.90. The van der Waals surface area contributed by atoms with Crippen molar-refractivity contribution in [3.05, 3.63) is 12.1 Å². The van der Waals surface area contributed by atoms with Gasteiger partial charge in [-0.2, -0.15) is 0 Å². The molecule has 4 nitrogen and oxygen atoms in total. The molecular formula is C9H15BO4. The van der Waals surface area contributed by atoms with E-state index in [0.29, 0.717) is 0 Å². The number of carboxylic acids is 1. The number of carbonyl (C=O) groups is 1. The molecule has 1 aliphatic rings. The summed E-state index contributed by atoms with van der Waals surface area (Å²) in [6.07, 6.45) is 1.03. The molecule has 0 aromatic carbocycles. The fraction of sp³-hybridized carbons (Fsp3) is 0.667. The Labute approximate surface area is 84.0 Å². The van der Waals surface area contributed by atoms with Crippen molar-refractivity contribution >= 4 is 13.1 Å². The zero-order chi connectivity index (χ0) is 11.0. The summed E-state index contributed by atoms with van der Waals surface area (Å²) in [5.74, 6) is 0.401. The Balaban J connectivity index is 2.69. The number of rotatable bonds is 2. The molecule has 1 aliphatic heterocycles. The van der Waals surface area contributed by atoms with Gasteiger partial charge in [0.2, 0.25) is 0 Å². The first-order valence-corrected chi connectivity index (χ1v) is 4.51. The van der Waals surface area contributed by atoms with Crippen LogP contribution in [0.3, 0.4) is 0 Å². The van der Waals surface area contributed by atoms with Gasteiger partial charge in [0, 0.05) is 6.08 Å². The van der Waals surface area contributed by atoms with Crippen molar-refractivity contribution in [1.29, 1.82) is 0 Å². The van der Waals surface area contributed by atoms with E-state index in [-0.39, 0.29) is 0 Å². The Hall–Kier alpha value is -0.805. The lowest BCUT2D eigenvalue weighted by molar-refractivity contribution is -0.131. The van der Waals surface area contributed by atoms with Crippen LogP contribution < -0.4 is 0 Å². The summed E-state index contributed by atoms with van der Waals surface area (Å²) in [7, 11) is -0.573. The molecule has 5 heteroatoms. The Morgan fingerprint density at radius 3 is 2.00 bits per heavy atom. The van der Waals surface area contributed by atoms with E-state index >= 15 is 0 Å². The molecule has 0 aromatic rings. The largest absolute Gasteiger partial charge is 0.487 e. The van der Waals surface area contributed by atoms with Gasteiger partial charge < -0.3 is 14.4 Å². The summed E-state index contributed by atoms with van der Waals surface area (Å²) in [4.78, 5) is 10.3. The van der Waals surface area contributed by atoms with Crippen molar-refractivity contribution in [2.75, 3.05) is 0 Å². The molecular weight excluding hydrogens is 183 g/mol. The third kappa shape index (κ3) is 2.16. The first-order valence-electron chi connectivity index (χ1n) is 4.51. The van der Waals surface area contributed by atoms with Crippen molar-refractivity contribution in [3.63, 3.8) is 0 Å². The average molecular weight is 198 g/mol. The van der Waals surface area contributed by atoms with Gasteiger partial charge >= 0.3 is 13.1 Å². The molecule has 1 fully saturated rings. The van der Waals surface area contributed by atoms with Gasteiger partial charge in [0.15, 0.2) is 0 Å². The monoisotopic (exact) mass is 198 g/mol. The zero-order valence-electron chi connectivity index (χ0n) is 8.90. The van der Waals surface area contributed by atoms with Gasteiger partial charge in [0.05, 0.1) is 11.2 Å². The summed E-state index contributed by atoms with van der Waals surface area (Å²) in [5.41, 5.74) is -0.832. The second kappa shape index (κ2) is 3.40. The molecule has 0 amide bonds. The van der Waals surface area contributed by atoms with E-state index in [0.717, 1.165) is 6.08 Å². The molecule has 1 heterocycles. The molecule has 0 saturated carbocycles. The Morgan fingerprint density at radius 2 is 1.64 bits per heavy atom. The van der Waals surface area contributed by atoms with Gasteiger partial charge in [0.25, 0.3) is 0 Å². The van der Waals surface area contributed by atoms with Crippen LogP contribution >= 0.6 is 0 Å². The molecule has 0 spiro atoms. The van der Waals surface area contributed by atoms with Crippen LogP contribution in [0.5, 0.6) is 0 Å². The maximum Gasteiger partial charge on any atom is 0.487 e. The second-order valence-corrected chi connectivity index (χ2v) is 4.32. The summed E-state index contributed by atoms with van der Waals surface area (Å²) < 4.78 is 11.1. The van der Waals surface area contributed by atoms with E-state index in [1.165, 1.54) is 5.98 Å². The van der Waals surface area contributed by atoms with Gasteiger partial charge in [-0.1, -0.05) is 0 Å². The Kier molecular flexibility index (Phi) is 2.74. The van der Waals surface area contributed by atoms with Crippen LogP contribution in [-0.4, -0.2) is 29.4 Å². The quantitative estimate of drug-likeness (QED) is 0.536. The maximum atomic E-state index is 10.3. The average Bonchev–Trinajstić information content (AvgIpc) is 2.17. The summed E-state index contributed by atoms with van der Waals surface area (Å²) in [5, 5.41) is 8.44. The lowest BCUT2D eigenvalue weighted by Gasteiger charge is -2.32. The zero-order valence-corrected chi connectivity index (χ0v) is 8.90. The minimum atomic E-state index is -1.00. The molecule has 1 saturated heterocycles. The van der Waals surface area contributed by atoms with E-state index < -0.39 is 24.3 Å². The Bertz CT molecular complexity index is 254. The first-order chi connectivity index (χ1) is 6.24. The van der Waals surface area contributed by atoms with Crippen LogP contribution in [0, 0.1) is 0 Å². The van der Waals surface area contributed by atoms with Crippen LogP contribution in [0.15, 0.2) is 12.1 Å². The summed E-state index contributed by atoms with van der Waals surface area (Å²) >= 11 is 0. The third-order valence-electron chi connectivity index (χ3n) is 2.67. The van der Waals surface area contributed by atoms with Crippen molar-refractivity contribution < 1.29 is 19.2 Å². The molecule has 1 rings (SSSR count). The van der Waals surface area contributed by atoms with Crippen LogP contribution in [0.1, 0.15) is 27.7 Å². The predicted octanol–water partition coefficient (Wildman–Crippen LogP) is 1.26. The van der Waals surface area contributed by atoms with Gasteiger partial charge in [-0.05, 0) is 33.7 Å². The second-order valence-electron chi connectivity index (χ2n) is 4.32. The van der Waals surface area contributed by atoms with Crippen LogP contribution in [0.25, 0.3) is 0 Å². The fourth-order valence-electron chi connectivity index (χ4n) is 1.13. The van der Waals surface area contributed by atoms with Crippen LogP contribution in [0.4, 0.5) is 0 Å². The van der Waals surface area contributed by atoms with E-state index in [1.54, 1.807) is 0 Å². The van der Waals surface area contributed by atoms with E-state index in [9.17, 15) is 4.79 Å². The first kappa shape index (κ1) is 11.3. The number of hydrogen-bond donors (Lipinski definition) is 1. The summed E-state index contributed by atoms with van der Waals surface area (Å²) in [6.45, 7) is 7.67. The summed E-state index contributed by atoms with van der Waals surface area (Å²) in [6, 6.07) is 0. The topological polar surface area (TPSA) is 55.8 Å². The fourth-order valence-corrected chi connectivity index (χ4v) is 1.13. The smallest absolute Gasteiger partial charge is 0.478 e. The normalized spacial score (nSPS) is 24.4. The third-order valence-corrected chi connectivity index (χ3v) is 2.67. The van der Waals surface area contributed by atoms with Crippen molar-refractivity contribution in [1.82, 2.24) is 0 Å². The highest BCUT2D eigenvalue weighted by atomic mass is 16.7. The maximum absolute atomic E-state index is 10.3. The SMILES string of the molecule is CC1(C)OB(/C=C/C(=O)O)OC1(C)C. The minimum absolute atomic E-state index is 0.416. The number of hydrogen-bond acceptors (Lipinski definition) is 3. The number of carboxylic acid groups (broad SMARTS) is 1. The highest BCUT2D eigenvalue weighted by Gasteiger charge is 2.50. The van der Waals surface area contributed by atoms with E-state index in [1.807, 2.05) is 27.7 Å². The standard InChI is InChI=1S/C9H15BO4/c1-8(2)9(3,4)14-10(13-8)6-5-7(11)12/h5-6H,1-4H3,(H,11,12)/b6-5+. The molecule has 0 radical (unpaired) electrons. The van der Waals surface area contributed by atoms with E-state index in [2.05, 4.69) is 0 Å².